The van der Waals surface area contributed by atoms with E-state index in [0.717, 1.165) is 4.91 Å². The number of rotatable bonds is 3. The van der Waals surface area contributed by atoms with Gasteiger partial charge in [-0.25, -0.2) is 0 Å². The number of hydrogen-bond acceptors (Lipinski definition) is 2. The molecule has 84 valence electrons. The fraction of sp³-hybridized carbons (Fsp3) is 0.286. The van der Waals surface area contributed by atoms with Gasteiger partial charge in [-0.05, 0) is 24.6 Å². The summed E-state index contributed by atoms with van der Waals surface area (Å²) in [5, 5.41) is 0. The zero-order chi connectivity index (χ0) is 11.5. The van der Waals surface area contributed by atoms with E-state index in [0.29, 0.717) is 12.0 Å². The van der Waals surface area contributed by atoms with E-state index in [4.69, 9.17) is 0 Å². The second-order valence-corrected chi connectivity index (χ2v) is 4.84. The second-order valence-electron chi connectivity index (χ2n) is 4.32. The summed E-state index contributed by atoms with van der Waals surface area (Å²) in [6.07, 6.45) is 6.39. The van der Waals surface area contributed by atoms with Gasteiger partial charge in [-0.15, -0.1) is 12.6 Å². The van der Waals surface area contributed by atoms with Gasteiger partial charge in [0.15, 0.2) is 0 Å². The molecule has 1 nitrogen and oxygen atoms in total. The molecule has 1 unspecified atom stereocenters. The summed E-state index contributed by atoms with van der Waals surface area (Å²) in [6, 6.07) is 11.0. The van der Waals surface area contributed by atoms with Crippen molar-refractivity contribution in [2.24, 2.45) is 5.92 Å². The van der Waals surface area contributed by atoms with E-state index in [9.17, 15) is 0 Å². The fourth-order valence-corrected chi connectivity index (χ4v) is 2.54. The fourth-order valence-electron chi connectivity index (χ4n) is 2.23. The van der Waals surface area contributed by atoms with Crippen molar-refractivity contribution >= 4 is 12.6 Å². The first-order valence-electron chi connectivity index (χ1n) is 5.49. The van der Waals surface area contributed by atoms with Crippen LogP contribution < -0.4 is 0 Å². The third kappa shape index (κ3) is 2.23. The molecule has 0 spiro atoms. The van der Waals surface area contributed by atoms with E-state index >= 15 is 0 Å². The molecule has 0 N–H and O–H groups in total. The predicted molar refractivity (Wildman–Crippen MR) is 72.6 cm³/mol. The molecule has 0 aromatic heterocycles. The maximum Gasteiger partial charge on any atom is 0.0450 e. The van der Waals surface area contributed by atoms with Crippen molar-refractivity contribution in [1.82, 2.24) is 4.90 Å². The minimum atomic E-state index is 0.365. The zero-order valence-corrected chi connectivity index (χ0v) is 10.6. The van der Waals surface area contributed by atoms with Crippen LogP contribution in [-0.4, -0.2) is 19.0 Å². The van der Waals surface area contributed by atoms with Crippen LogP contribution in [0.5, 0.6) is 0 Å². The minimum Gasteiger partial charge on any atom is -0.301 e. The monoisotopic (exact) mass is 231 g/mol. The largest absolute Gasteiger partial charge is 0.301 e. The molecule has 0 aliphatic heterocycles. The standard InChI is InChI=1S/C14H17NS/c1-15(2)14(11-7-4-3-5-8-11)12-9-6-10-13(12)16/h3-10,12,14,16H,1-2H3/t12?,14-/m1/s1. The van der Waals surface area contributed by atoms with Gasteiger partial charge in [0.05, 0.1) is 0 Å². The van der Waals surface area contributed by atoms with Crippen molar-refractivity contribution in [2.45, 2.75) is 6.04 Å². The first-order chi connectivity index (χ1) is 7.70. The Bertz CT molecular complexity index is 406. The van der Waals surface area contributed by atoms with Crippen molar-refractivity contribution in [3.05, 3.63) is 59.0 Å². The Kier molecular flexibility index (Phi) is 3.52. The first-order valence-corrected chi connectivity index (χ1v) is 5.93. The smallest absolute Gasteiger partial charge is 0.0450 e. The van der Waals surface area contributed by atoms with Crippen LogP contribution in [0.2, 0.25) is 0 Å². The Morgan fingerprint density at radius 2 is 1.88 bits per heavy atom. The maximum absolute atomic E-state index is 4.54. The maximum atomic E-state index is 4.54. The highest BCUT2D eigenvalue weighted by Crippen LogP contribution is 2.36. The Labute approximate surface area is 103 Å². The summed E-state index contributed by atoms with van der Waals surface area (Å²) in [4.78, 5) is 3.39. The summed E-state index contributed by atoms with van der Waals surface area (Å²) >= 11 is 4.54. The van der Waals surface area contributed by atoms with Crippen LogP contribution in [0.15, 0.2) is 53.5 Å². The summed E-state index contributed by atoms with van der Waals surface area (Å²) in [5.74, 6) is 0.376. The molecule has 1 aromatic carbocycles. The molecule has 2 atom stereocenters. The molecule has 1 aromatic rings. The lowest BCUT2D eigenvalue weighted by Gasteiger charge is -2.30. The molecule has 0 bridgehead atoms. The van der Waals surface area contributed by atoms with Crippen LogP contribution in [0.4, 0.5) is 0 Å². The van der Waals surface area contributed by atoms with Gasteiger partial charge in [0.25, 0.3) is 0 Å². The van der Waals surface area contributed by atoms with Crippen LogP contribution >= 0.6 is 12.6 Å². The third-order valence-corrected chi connectivity index (χ3v) is 3.41. The Balaban J connectivity index is 2.32. The van der Waals surface area contributed by atoms with Gasteiger partial charge in [-0.1, -0.05) is 48.6 Å². The van der Waals surface area contributed by atoms with Crippen molar-refractivity contribution in [3.8, 4) is 0 Å². The number of nitrogens with zero attached hydrogens (tertiary/aromatic N) is 1. The quantitative estimate of drug-likeness (QED) is 0.781. The molecule has 0 amide bonds. The molecule has 0 fully saturated rings. The lowest BCUT2D eigenvalue weighted by molar-refractivity contribution is 0.265. The van der Waals surface area contributed by atoms with Crippen molar-refractivity contribution in [2.75, 3.05) is 14.1 Å². The van der Waals surface area contributed by atoms with Crippen LogP contribution in [0.25, 0.3) is 0 Å². The van der Waals surface area contributed by atoms with E-state index < -0.39 is 0 Å². The molecule has 1 aliphatic carbocycles. The highest BCUT2D eigenvalue weighted by molar-refractivity contribution is 7.84. The molecule has 0 radical (unpaired) electrons. The molecule has 0 heterocycles. The number of thiol groups is 1. The van der Waals surface area contributed by atoms with E-state index in [1.807, 2.05) is 0 Å². The molecule has 0 saturated heterocycles. The van der Waals surface area contributed by atoms with Gasteiger partial charge in [0, 0.05) is 12.0 Å². The zero-order valence-electron chi connectivity index (χ0n) is 9.67. The van der Waals surface area contributed by atoms with Crippen molar-refractivity contribution < 1.29 is 0 Å². The molecular formula is C14H17NS. The van der Waals surface area contributed by atoms with Crippen molar-refractivity contribution in [3.63, 3.8) is 0 Å². The van der Waals surface area contributed by atoms with Crippen LogP contribution in [0.3, 0.4) is 0 Å². The molecule has 16 heavy (non-hydrogen) atoms. The van der Waals surface area contributed by atoms with Gasteiger partial charge < -0.3 is 4.90 Å². The van der Waals surface area contributed by atoms with Gasteiger partial charge in [-0.2, -0.15) is 0 Å². The number of hydrogen-bond donors (Lipinski definition) is 1. The van der Waals surface area contributed by atoms with E-state index in [1.54, 1.807) is 0 Å². The Hall–Kier alpha value is -0.990. The Morgan fingerprint density at radius 3 is 2.38 bits per heavy atom. The van der Waals surface area contributed by atoms with E-state index in [2.05, 4.69) is 80.2 Å². The lowest BCUT2D eigenvalue weighted by atomic mass is 9.93. The lowest BCUT2D eigenvalue weighted by Crippen LogP contribution is -2.26. The van der Waals surface area contributed by atoms with Crippen molar-refractivity contribution in [1.29, 1.82) is 0 Å². The highest BCUT2D eigenvalue weighted by atomic mass is 32.1. The van der Waals surface area contributed by atoms with E-state index in [1.165, 1.54) is 5.56 Å². The number of benzene rings is 1. The SMILES string of the molecule is CN(C)[C@H](c1ccccc1)C1C=CC=C1S. The Morgan fingerprint density at radius 1 is 1.19 bits per heavy atom. The van der Waals surface area contributed by atoms with E-state index in [-0.39, 0.29) is 0 Å². The third-order valence-electron chi connectivity index (χ3n) is 2.96. The highest BCUT2D eigenvalue weighted by Gasteiger charge is 2.26. The molecular weight excluding hydrogens is 214 g/mol. The van der Waals surface area contributed by atoms with Crippen LogP contribution in [0.1, 0.15) is 11.6 Å². The van der Waals surface area contributed by atoms with Gasteiger partial charge in [0.1, 0.15) is 0 Å². The minimum absolute atomic E-state index is 0.365. The van der Waals surface area contributed by atoms with Crippen LogP contribution in [0, 0.1) is 5.92 Å². The first kappa shape index (κ1) is 11.5. The normalized spacial score (nSPS) is 21.2. The summed E-state index contributed by atoms with van der Waals surface area (Å²) < 4.78 is 0. The topological polar surface area (TPSA) is 3.24 Å². The summed E-state index contributed by atoms with van der Waals surface area (Å²) in [6.45, 7) is 0. The molecule has 0 saturated carbocycles. The van der Waals surface area contributed by atoms with Gasteiger partial charge in [-0.3, -0.25) is 0 Å². The molecule has 2 rings (SSSR count). The van der Waals surface area contributed by atoms with Gasteiger partial charge >= 0.3 is 0 Å². The summed E-state index contributed by atoms with van der Waals surface area (Å²) in [7, 11) is 4.23. The predicted octanol–water partition coefficient (Wildman–Crippen LogP) is 3.29. The average Bonchev–Trinajstić information content (AvgIpc) is 2.66. The molecule has 1 aliphatic rings. The number of allylic oxidation sites excluding steroid dienone is 2. The average molecular weight is 231 g/mol. The molecule has 2 heteroatoms. The summed E-state index contributed by atoms with van der Waals surface area (Å²) in [5.41, 5.74) is 1.34. The van der Waals surface area contributed by atoms with Crippen LogP contribution in [-0.2, 0) is 0 Å². The van der Waals surface area contributed by atoms with Gasteiger partial charge in [0.2, 0.25) is 0 Å². The second kappa shape index (κ2) is 4.89.